The molecule has 1 saturated heterocycles. The molecule has 1 heterocycles. The van der Waals surface area contributed by atoms with Crippen LogP contribution in [0, 0.1) is 5.92 Å². The van der Waals surface area contributed by atoms with Crippen LogP contribution >= 0.6 is 0 Å². The fourth-order valence-electron chi connectivity index (χ4n) is 3.65. The lowest BCUT2D eigenvalue weighted by Gasteiger charge is -2.43. The first-order chi connectivity index (χ1) is 11.0. The summed E-state index contributed by atoms with van der Waals surface area (Å²) in [4.78, 5) is 0. The lowest BCUT2D eigenvalue weighted by Crippen LogP contribution is -2.56. The minimum Gasteiger partial charge on any atom is -0.411 e. The van der Waals surface area contributed by atoms with Gasteiger partial charge in [-0.1, -0.05) is 0 Å². The Morgan fingerprint density at radius 2 is 1.43 bits per heavy atom. The molecule has 1 saturated carbocycles. The third kappa shape index (κ3) is 4.96. The van der Waals surface area contributed by atoms with Crippen LogP contribution in [0.25, 0.3) is 0 Å². The number of fused-ring (bicyclic) bond motifs is 1. The zero-order valence-electron chi connectivity index (χ0n) is 14.8. The van der Waals surface area contributed by atoms with Crippen LogP contribution in [0.4, 0.5) is 0 Å². The highest BCUT2D eigenvalue weighted by Gasteiger charge is 2.54. The number of rotatable bonds is 9. The van der Waals surface area contributed by atoms with Crippen molar-refractivity contribution < 1.29 is 32.8 Å². The third-order valence-electron chi connectivity index (χ3n) is 4.38. The molecule has 0 aromatic heterocycles. The van der Waals surface area contributed by atoms with Crippen LogP contribution < -0.4 is 0 Å². The molecule has 1 aliphatic carbocycles. The summed E-state index contributed by atoms with van der Waals surface area (Å²) in [6, 6.07) is 1.11. The smallest absolute Gasteiger partial charge is 0.187 e. The van der Waals surface area contributed by atoms with Gasteiger partial charge in [0.25, 0.3) is 0 Å². The van der Waals surface area contributed by atoms with Gasteiger partial charge in [-0.25, -0.2) is 0 Å². The van der Waals surface area contributed by atoms with E-state index in [1.54, 1.807) is 21.3 Å². The molecule has 5 atom stereocenters. The number of ether oxygens (including phenoxy) is 6. The normalized spacial score (nSPS) is 36.1. The first kappa shape index (κ1) is 19.3. The lowest BCUT2D eigenvalue weighted by molar-refractivity contribution is -0.245. The van der Waals surface area contributed by atoms with E-state index in [1.807, 2.05) is 0 Å². The number of methoxy groups -OCH3 is 3. The second kappa shape index (κ2) is 8.86. The minimum absolute atomic E-state index is 0.0241. The Kier molecular flexibility index (Phi) is 7.42. The van der Waals surface area contributed by atoms with Crippen LogP contribution in [0.15, 0.2) is 0 Å². The van der Waals surface area contributed by atoms with E-state index in [0.717, 1.165) is 12.5 Å². The summed E-state index contributed by atoms with van der Waals surface area (Å²) in [6.45, 7) is 5.10. The Bertz CT molecular complexity index is 355. The number of hydrogen-bond donors (Lipinski definition) is 0. The summed E-state index contributed by atoms with van der Waals surface area (Å²) >= 11 is 0. The average Bonchev–Trinajstić information content (AvgIpc) is 2.82. The van der Waals surface area contributed by atoms with Gasteiger partial charge in [0, 0.05) is 21.3 Å². The largest absolute Gasteiger partial charge is 0.411 e. The Balaban J connectivity index is 2.16. The summed E-state index contributed by atoms with van der Waals surface area (Å²) in [6.07, 6.45) is 0.284. The van der Waals surface area contributed by atoms with Crippen molar-refractivity contribution >= 4 is 8.32 Å². The molecule has 23 heavy (non-hydrogen) atoms. The van der Waals surface area contributed by atoms with Gasteiger partial charge in [-0.05, 0) is 31.5 Å². The quantitative estimate of drug-likeness (QED) is 0.462. The first-order valence-corrected chi connectivity index (χ1v) is 11.1. The molecular formula is C15H30O7Si. The first-order valence-electron chi connectivity index (χ1n) is 8.02. The van der Waals surface area contributed by atoms with Crippen molar-refractivity contribution in [2.24, 2.45) is 5.92 Å². The SMILES string of the molecule is COCO[C@H]1[C@@H](OCOC)[C@H](OCOC)C[C@@H]2C[Si](C)(C)O[C@@H]21. The highest BCUT2D eigenvalue weighted by atomic mass is 28.4. The minimum atomic E-state index is -1.67. The second-order valence-corrected chi connectivity index (χ2v) is 10.9. The van der Waals surface area contributed by atoms with Gasteiger partial charge < -0.3 is 32.8 Å². The molecule has 0 spiro atoms. The van der Waals surface area contributed by atoms with Crippen LogP contribution in [-0.2, 0) is 32.8 Å². The molecule has 0 amide bonds. The predicted octanol–water partition coefficient (Wildman–Crippen LogP) is 1.58. The highest BCUT2D eigenvalue weighted by molar-refractivity contribution is 6.71. The third-order valence-corrected chi connectivity index (χ3v) is 6.80. The molecule has 8 heteroatoms. The fourth-order valence-corrected chi connectivity index (χ4v) is 6.47. The van der Waals surface area contributed by atoms with Gasteiger partial charge >= 0.3 is 0 Å². The standard InChI is InChI=1S/C15H30O7Si/c1-16-8-19-12-6-11-7-23(4,5)22-13(11)15(21-10-18-3)14(12)20-9-17-2/h11-15H,6-10H2,1-5H3/t11-,12-,13+,14+,15-/m1/s1. The van der Waals surface area contributed by atoms with Crippen molar-refractivity contribution in [1.82, 2.24) is 0 Å². The topological polar surface area (TPSA) is 64.6 Å². The van der Waals surface area contributed by atoms with Gasteiger partial charge in [0.2, 0.25) is 0 Å². The van der Waals surface area contributed by atoms with E-state index in [2.05, 4.69) is 13.1 Å². The number of hydrogen-bond acceptors (Lipinski definition) is 7. The van der Waals surface area contributed by atoms with E-state index in [1.165, 1.54) is 0 Å². The Labute approximate surface area is 139 Å². The summed E-state index contributed by atoms with van der Waals surface area (Å²) < 4.78 is 39.3. The van der Waals surface area contributed by atoms with Crippen molar-refractivity contribution in [1.29, 1.82) is 0 Å². The molecule has 0 unspecified atom stereocenters. The molecule has 0 bridgehead atoms. The van der Waals surface area contributed by atoms with Crippen LogP contribution in [0.1, 0.15) is 6.42 Å². The van der Waals surface area contributed by atoms with Crippen LogP contribution in [0.5, 0.6) is 0 Å². The zero-order valence-corrected chi connectivity index (χ0v) is 15.8. The Morgan fingerprint density at radius 1 is 0.870 bits per heavy atom. The monoisotopic (exact) mass is 350 g/mol. The van der Waals surface area contributed by atoms with Gasteiger partial charge in [-0.3, -0.25) is 0 Å². The van der Waals surface area contributed by atoms with E-state index in [0.29, 0.717) is 5.92 Å². The van der Waals surface area contributed by atoms with Crippen LogP contribution in [0.3, 0.4) is 0 Å². The van der Waals surface area contributed by atoms with E-state index >= 15 is 0 Å². The second-order valence-electron chi connectivity index (χ2n) is 6.73. The zero-order chi connectivity index (χ0) is 16.9. The molecule has 2 fully saturated rings. The summed E-state index contributed by atoms with van der Waals surface area (Å²) in [5.74, 6) is 0.419. The van der Waals surface area contributed by atoms with Gasteiger partial charge in [0.05, 0.1) is 12.2 Å². The van der Waals surface area contributed by atoms with E-state index in [4.69, 9.17) is 32.8 Å². The Morgan fingerprint density at radius 3 is 2.04 bits per heavy atom. The molecule has 0 N–H and O–H groups in total. The van der Waals surface area contributed by atoms with Crippen molar-refractivity contribution in [3.05, 3.63) is 0 Å². The molecule has 2 rings (SSSR count). The van der Waals surface area contributed by atoms with E-state index < -0.39 is 8.32 Å². The highest BCUT2D eigenvalue weighted by Crippen LogP contribution is 2.44. The maximum absolute atomic E-state index is 6.38. The average molecular weight is 350 g/mol. The van der Waals surface area contributed by atoms with Gasteiger partial charge in [0.15, 0.2) is 8.32 Å². The molecule has 0 aromatic rings. The van der Waals surface area contributed by atoms with E-state index in [9.17, 15) is 0 Å². The molecule has 0 aromatic carbocycles. The molecule has 136 valence electrons. The summed E-state index contributed by atoms with van der Waals surface area (Å²) in [7, 11) is 3.16. The van der Waals surface area contributed by atoms with Gasteiger partial charge in [0.1, 0.15) is 32.6 Å². The van der Waals surface area contributed by atoms with Gasteiger partial charge in [-0.2, -0.15) is 0 Å². The van der Waals surface area contributed by atoms with E-state index in [-0.39, 0.29) is 44.8 Å². The predicted molar refractivity (Wildman–Crippen MR) is 85.5 cm³/mol. The molecule has 1 aliphatic heterocycles. The summed E-state index contributed by atoms with van der Waals surface area (Å²) in [5.41, 5.74) is 0. The Hall–Kier alpha value is -0.0631. The molecule has 7 nitrogen and oxygen atoms in total. The molecule has 2 aliphatic rings. The van der Waals surface area contributed by atoms with Crippen molar-refractivity contribution in [2.45, 2.75) is 50.0 Å². The van der Waals surface area contributed by atoms with Crippen molar-refractivity contribution in [3.63, 3.8) is 0 Å². The van der Waals surface area contributed by atoms with Gasteiger partial charge in [-0.15, -0.1) is 0 Å². The molecular weight excluding hydrogens is 320 g/mol. The maximum Gasteiger partial charge on any atom is 0.187 e. The van der Waals surface area contributed by atoms with Crippen LogP contribution in [-0.4, -0.2) is 74.4 Å². The fraction of sp³-hybridized carbons (Fsp3) is 1.00. The molecule has 0 radical (unpaired) electrons. The van der Waals surface area contributed by atoms with Crippen LogP contribution in [0.2, 0.25) is 19.1 Å². The van der Waals surface area contributed by atoms with Crippen molar-refractivity contribution in [2.75, 3.05) is 41.7 Å². The van der Waals surface area contributed by atoms with Crippen molar-refractivity contribution in [3.8, 4) is 0 Å². The lowest BCUT2D eigenvalue weighted by atomic mass is 9.81. The maximum atomic E-state index is 6.38. The summed E-state index contributed by atoms with van der Waals surface area (Å²) in [5, 5.41) is 0.